The lowest BCUT2D eigenvalue weighted by Crippen LogP contribution is -2.62. The van der Waals surface area contributed by atoms with E-state index in [9.17, 15) is 4.79 Å². The van der Waals surface area contributed by atoms with Crippen LogP contribution in [-0.2, 0) is 20.7 Å². The topological polar surface area (TPSA) is 38.8 Å². The summed E-state index contributed by atoms with van der Waals surface area (Å²) in [4.78, 5) is 14.3. The van der Waals surface area contributed by atoms with Gasteiger partial charge in [-0.3, -0.25) is 4.79 Å². The highest BCUT2D eigenvalue weighted by atomic mass is 16.7. The van der Waals surface area contributed by atoms with Crippen molar-refractivity contribution >= 4 is 5.91 Å². The normalized spacial score (nSPS) is 24.4. The number of rotatable bonds is 5. The predicted octanol–water partition coefficient (Wildman–Crippen LogP) is 2.14. The fraction of sp³-hybridized carbons (Fsp3) is 0.562. The summed E-state index contributed by atoms with van der Waals surface area (Å²) in [5, 5.41) is 0. The first-order valence-electron chi connectivity index (χ1n) is 7.39. The van der Waals surface area contributed by atoms with Gasteiger partial charge >= 0.3 is 0 Å². The van der Waals surface area contributed by atoms with Crippen molar-refractivity contribution in [2.24, 2.45) is 5.92 Å². The van der Waals surface area contributed by atoms with E-state index in [1.165, 1.54) is 11.1 Å². The summed E-state index contributed by atoms with van der Waals surface area (Å²) < 4.78 is 11.3. The zero-order valence-corrected chi connectivity index (χ0v) is 12.0. The Morgan fingerprint density at radius 2 is 1.95 bits per heavy atom. The summed E-state index contributed by atoms with van der Waals surface area (Å²) in [6.07, 6.45) is 0.518. The molecule has 1 aromatic carbocycles. The van der Waals surface area contributed by atoms with Crippen LogP contribution in [0.2, 0.25) is 0 Å². The number of β-lactam (4-membered cyclic amide) rings is 1. The van der Waals surface area contributed by atoms with Gasteiger partial charge in [-0.05, 0) is 31.4 Å². The molecule has 3 rings (SSSR count). The second kappa shape index (κ2) is 5.54. The molecule has 2 aliphatic heterocycles. The van der Waals surface area contributed by atoms with Crippen LogP contribution in [0.5, 0.6) is 0 Å². The molecule has 0 radical (unpaired) electrons. The van der Waals surface area contributed by atoms with Crippen LogP contribution in [0.25, 0.3) is 0 Å². The highest BCUT2D eigenvalue weighted by Crippen LogP contribution is 2.46. The van der Waals surface area contributed by atoms with Crippen LogP contribution in [0.3, 0.4) is 0 Å². The molecule has 108 valence electrons. The molecule has 1 fully saturated rings. The molecule has 4 nitrogen and oxygen atoms in total. The summed E-state index contributed by atoms with van der Waals surface area (Å²) in [5.41, 5.74) is 2.60. The number of ether oxygens (including phenoxy) is 2. The van der Waals surface area contributed by atoms with Gasteiger partial charge in [-0.1, -0.05) is 24.3 Å². The van der Waals surface area contributed by atoms with E-state index in [0.29, 0.717) is 13.2 Å². The van der Waals surface area contributed by atoms with E-state index in [1.807, 2.05) is 24.8 Å². The number of amides is 1. The Labute approximate surface area is 119 Å². The summed E-state index contributed by atoms with van der Waals surface area (Å²) in [7, 11) is 0. The Kier molecular flexibility index (Phi) is 3.76. The number of nitrogens with zero attached hydrogens (tertiary/aromatic N) is 1. The zero-order chi connectivity index (χ0) is 14.1. The van der Waals surface area contributed by atoms with Crippen LogP contribution in [0.1, 0.15) is 31.0 Å². The van der Waals surface area contributed by atoms with E-state index in [-0.39, 0.29) is 17.9 Å². The average molecular weight is 275 g/mol. The predicted molar refractivity (Wildman–Crippen MR) is 75.1 cm³/mol. The van der Waals surface area contributed by atoms with Crippen molar-refractivity contribution < 1.29 is 14.3 Å². The molecule has 0 aliphatic carbocycles. The molecule has 2 atom stereocenters. The highest BCUT2D eigenvalue weighted by Gasteiger charge is 2.54. The lowest BCUT2D eigenvalue weighted by Gasteiger charge is -2.52. The van der Waals surface area contributed by atoms with Crippen molar-refractivity contribution in [3.8, 4) is 0 Å². The molecule has 2 aliphatic rings. The average Bonchev–Trinajstić information content (AvgIpc) is 2.46. The van der Waals surface area contributed by atoms with Gasteiger partial charge in [0, 0.05) is 19.8 Å². The minimum absolute atomic E-state index is 0.121. The van der Waals surface area contributed by atoms with Gasteiger partial charge in [-0.25, -0.2) is 0 Å². The SMILES string of the molecule is CCOC(OCC)[C@@H]1C(=O)N2CCc3ccccc3[C@H]12. The number of hydrogen-bond acceptors (Lipinski definition) is 3. The van der Waals surface area contributed by atoms with Gasteiger partial charge in [0.25, 0.3) is 0 Å². The van der Waals surface area contributed by atoms with Crippen molar-refractivity contribution in [2.75, 3.05) is 19.8 Å². The Morgan fingerprint density at radius 1 is 1.25 bits per heavy atom. The van der Waals surface area contributed by atoms with Crippen LogP contribution in [0, 0.1) is 5.92 Å². The molecule has 0 aromatic heterocycles. The number of benzene rings is 1. The first-order chi connectivity index (χ1) is 9.77. The quantitative estimate of drug-likeness (QED) is 0.610. The lowest BCUT2D eigenvalue weighted by molar-refractivity contribution is -0.216. The number of fused-ring (bicyclic) bond motifs is 3. The van der Waals surface area contributed by atoms with Crippen LogP contribution in [-0.4, -0.2) is 36.9 Å². The van der Waals surface area contributed by atoms with Crippen molar-refractivity contribution in [1.29, 1.82) is 0 Å². The Morgan fingerprint density at radius 3 is 2.65 bits per heavy atom. The molecule has 2 heterocycles. The third-order valence-electron chi connectivity index (χ3n) is 4.20. The smallest absolute Gasteiger partial charge is 0.233 e. The summed E-state index contributed by atoms with van der Waals surface area (Å²) in [6, 6.07) is 8.50. The number of hydrogen-bond donors (Lipinski definition) is 0. The van der Waals surface area contributed by atoms with Gasteiger partial charge in [0.2, 0.25) is 5.91 Å². The first kappa shape index (κ1) is 13.6. The van der Waals surface area contributed by atoms with E-state index in [0.717, 1.165) is 13.0 Å². The van der Waals surface area contributed by atoms with E-state index < -0.39 is 6.29 Å². The van der Waals surface area contributed by atoms with Gasteiger partial charge in [0.15, 0.2) is 6.29 Å². The van der Waals surface area contributed by atoms with Crippen LogP contribution in [0.4, 0.5) is 0 Å². The monoisotopic (exact) mass is 275 g/mol. The maximum atomic E-state index is 12.4. The van der Waals surface area contributed by atoms with Crippen LogP contribution in [0.15, 0.2) is 24.3 Å². The number of carbonyl (C=O) groups excluding carboxylic acids is 1. The standard InChI is InChI=1S/C16H21NO3/c1-3-19-16(20-4-2)13-14-12-8-6-5-7-11(12)9-10-17(14)15(13)18/h5-8,13-14,16H,3-4,9-10H2,1-2H3/t13-,14+/m0/s1. The molecule has 1 saturated heterocycles. The van der Waals surface area contributed by atoms with Crippen molar-refractivity contribution in [1.82, 2.24) is 4.90 Å². The Balaban J connectivity index is 1.88. The van der Waals surface area contributed by atoms with Crippen molar-refractivity contribution in [3.63, 3.8) is 0 Å². The fourth-order valence-electron chi connectivity index (χ4n) is 3.33. The van der Waals surface area contributed by atoms with E-state index >= 15 is 0 Å². The zero-order valence-electron chi connectivity index (χ0n) is 12.0. The largest absolute Gasteiger partial charge is 0.352 e. The highest BCUT2D eigenvalue weighted by molar-refractivity contribution is 5.87. The molecule has 0 bridgehead atoms. The maximum absolute atomic E-state index is 12.4. The summed E-state index contributed by atoms with van der Waals surface area (Å²) in [6.45, 7) is 5.79. The maximum Gasteiger partial charge on any atom is 0.233 e. The fourth-order valence-corrected chi connectivity index (χ4v) is 3.33. The molecular weight excluding hydrogens is 254 g/mol. The first-order valence-corrected chi connectivity index (χ1v) is 7.39. The molecule has 0 spiro atoms. The third kappa shape index (κ3) is 2.03. The number of carbonyl (C=O) groups is 1. The molecular formula is C16H21NO3. The second-order valence-corrected chi connectivity index (χ2v) is 5.23. The van der Waals surface area contributed by atoms with Gasteiger partial charge in [-0.15, -0.1) is 0 Å². The summed E-state index contributed by atoms with van der Waals surface area (Å²) in [5.74, 6) is -0.0345. The van der Waals surface area contributed by atoms with E-state index in [1.54, 1.807) is 0 Å². The Hall–Kier alpha value is -1.39. The second-order valence-electron chi connectivity index (χ2n) is 5.23. The van der Waals surface area contributed by atoms with Crippen molar-refractivity contribution in [3.05, 3.63) is 35.4 Å². The Bertz CT molecular complexity index is 496. The van der Waals surface area contributed by atoms with Gasteiger partial charge < -0.3 is 14.4 Å². The van der Waals surface area contributed by atoms with Gasteiger partial charge in [-0.2, -0.15) is 0 Å². The lowest BCUT2D eigenvalue weighted by atomic mass is 9.76. The minimum atomic E-state index is -0.426. The molecule has 20 heavy (non-hydrogen) atoms. The summed E-state index contributed by atoms with van der Waals surface area (Å²) >= 11 is 0. The molecule has 4 heteroatoms. The van der Waals surface area contributed by atoms with Crippen molar-refractivity contribution in [2.45, 2.75) is 32.6 Å². The van der Waals surface area contributed by atoms with E-state index in [4.69, 9.17) is 9.47 Å². The van der Waals surface area contributed by atoms with Gasteiger partial charge in [0.05, 0.1) is 6.04 Å². The van der Waals surface area contributed by atoms with Crippen LogP contribution >= 0.6 is 0 Å². The molecule has 0 unspecified atom stereocenters. The molecule has 0 N–H and O–H groups in total. The van der Waals surface area contributed by atoms with E-state index in [2.05, 4.69) is 18.2 Å². The van der Waals surface area contributed by atoms with Gasteiger partial charge in [0.1, 0.15) is 5.92 Å². The van der Waals surface area contributed by atoms with Crippen LogP contribution < -0.4 is 0 Å². The third-order valence-corrected chi connectivity index (χ3v) is 4.20. The molecule has 0 saturated carbocycles. The minimum Gasteiger partial charge on any atom is -0.352 e. The molecule has 1 amide bonds. The molecule has 1 aromatic rings.